The zero-order valence-corrected chi connectivity index (χ0v) is 27.9. The van der Waals surface area contributed by atoms with Crippen LogP contribution >= 0.6 is 23.2 Å². The van der Waals surface area contributed by atoms with Crippen LogP contribution in [0.2, 0.25) is 10.0 Å². The van der Waals surface area contributed by atoms with E-state index in [1.54, 1.807) is 30.3 Å². The maximum atomic E-state index is 13.5. The highest BCUT2D eigenvalue weighted by atomic mass is 35.5. The summed E-state index contributed by atoms with van der Waals surface area (Å²) in [6.07, 6.45) is 3.88. The number of esters is 1. The highest BCUT2D eigenvalue weighted by Gasteiger charge is 2.38. The van der Waals surface area contributed by atoms with Crippen molar-refractivity contribution >= 4 is 41.0 Å². The number of hydrogen-bond acceptors (Lipinski definition) is 10. The number of nitrogens with zero attached hydrogens (tertiary/aromatic N) is 4. The molecule has 0 spiro atoms. The molecule has 3 saturated heterocycles. The largest absolute Gasteiger partial charge is 0.619 e. The fraction of sp³-hybridized carbons (Fsp3) is 0.353. The van der Waals surface area contributed by atoms with Crippen LogP contribution in [0.25, 0.3) is 0 Å². The number of ether oxygens (including phenoxy) is 4. The SMILES string of the molecule is COc1ccc([C@H](Cc2c(Cl)c[n+]([O-])cc2Cl)OC(=O)c2coc(CN(C(=O)O[C@H]3CN4CCC3CC4)c3ccccc3)n2)cc1OC. The molecule has 0 N–H and O–H groups in total. The lowest BCUT2D eigenvalue weighted by atomic mass is 9.86. The zero-order valence-electron chi connectivity index (χ0n) is 26.3. The second-order valence-electron chi connectivity index (χ2n) is 11.6. The van der Waals surface area contributed by atoms with Gasteiger partial charge in [0, 0.05) is 24.2 Å². The highest BCUT2D eigenvalue weighted by Crippen LogP contribution is 2.36. The number of halogens is 2. The summed E-state index contributed by atoms with van der Waals surface area (Å²) in [5.74, 6) is 0.528. The molecule has 2 atom stereocenters. The standard InChI is InChI=1S/C34H34Cl2N4O8/c1-44-28-9-8-22(14-30(28)45-2)29(15-24-25(35)16-39(43)17-26(24)36)47-33(41)27-20-46-32(37-27)19-40(23-6-4-3-5-7-23)34(42)48-31-18-38-12-10-21(31)11-13-38/h3-9,14,16-17,20-21,29,31H,10-13,15,18-19H2,1-2H3/t29-,31-/m0/s1. The number of aromatic nitrogens is 2. The van der Waals surface area contributed by atoms with Gasteiger partial charge in [-0.15, -0.1) is 0 Å². The van der Waals surface area contributed by atoms with Gasteiger partial charge in [-0.2, -0.15) is 4.73 Å². The monoisotopic (exact) mass is 696 g/mol. The van der Waals surface area contributed by atoms with Crippen molar-refractivity contribution in [3.63, 3.8) is 0 Å². The molecule has 12 nitrogen and oxygen atoms in total. The van der Waals surface area contributed by atoms with Crippen molar-refractivity contribution in [3.8, 4) is 11.5 Å². The molecule has 5 heterocycles. The van der Waals surface area contributed by atoms with Crippen molar-refractivity contribution in [3.05, 3.63) is 105 Å². The van der Waals surface area contributed by atoms with Gasteiger partial charge in [-0.05, 0) is 61.7 Å². The molecule has 0 unspecified atom stereocenters. The lowest BCUT2D eigenvalue weighted by Gasteiger charge is -2.44. The number of benzene rings is 2. The molecule has 7 rings (SSSR count). The molecule has 48 heavy (non-hydrogen) atoms. The molecule has 3 aliphatic heterocycles. The van der Waals surface area contributed by atoms with Gasteiger partial charge in [0.1, 0.15) is 35.1 Å². The third-order valence-corrected chi connectivity index (χ3v) is 9.32. The molecule has 4 aromatic rings. The Morgan fingerprint density at radius 2 is 1.77 bits per heavy atom. The van der Waals surface area contributed by atoms with Crippen LogP contribution in [0.3, 0.4) is 0 Å². The summed E-state index contributed by atoms with van der Waals surface area (Å²) in [5, 5.41) is 12.1. The average Bonchev–Trinajstić information content (AvgIpc) is 3.57. The number of amides is 1. The molecule has 252 valence electrons. The van der Waals surface area contributed by atoms with Gasteiger partial charge in [-0.3, -0.25) is 9.80 Å². The summed E-state index contributed by atoms with van der Waals surface area (Å²) in [6.45, 7) is 2.68. The summed E-state index contributed by atoms with van der Waals surface area (Å²) in [7, 11) is 3.00. The molecule has 0 aliphatic carbocycles. The average molecular weight is 698 g/mol. The minimum Gasteiger partial charge on any atom is -0.619 e. The van der Waals surface area contributed by atoms with E-state index in [1.165, 1.54) is 37.8 Å². The number of anilines is 1. The Balaban J connectivity index is 1.22. The second-order valence-corrected chi connectivity index (χ2v) is 12.4. The number of carbonyl (C=O) groups is 2. The van der Waals surface area contributed by atoms with Crippen LogP contribution in [0.4, 0.5) is 10.5 Å². The van der Waals surface area contributed by atoms with E-state index in [2.05, 4.69) is 9.88 Å². The number of pyridine rings is 1. The Bertz CT molecular complexity index is 1740. The summed E-state index contributed by atoms with van der Waals surface area (Å²) >= 11 is 12.7. The Morgan fingerprint density at radius 3 is 2.42 bits per heavy atom. The van der Waals surface area contributed by atoms with Gasteiger partial charge in [0.15, 0.2) is 29.6 Å². The zero-order chi connectivity index (χ0) is 33.8. The first-order valence-electron chi connectivity index (χ1n) is 15.4. The van der Waals surface area contributed by atoms with Crippen molar-refractivity contribution in [2.75, 3.05) is 38.8 Å². The van der Waals surface area contributed by atoms with Crippen LogP contribution in [0, 0.1) is 11.1 Å². The minimum absolute atomic E-state index is 0.0254. The molecule has 0 saturated carbocycles. The van der Waals surface area contributed by atoms with E-state index in [0.29, 0.717) is 45.5 Å². The predicted molar refractivity (Wildman–Crippen MR) is 175 cm³/mol. The number of rotatable bonds is 11. The van der Waals surface area contributed by atoms with Gasteiger partial charge in [0.2, 0.25) is 5.89 Å². The van der Waals surface area contributed by atoms with Crippen molar-refractivity contribution in [1.82, 2.24) is 9.88 Å². The fourth-order valence-corrected chi connectivity index (χ4v) is 6.70. The molecular formula is C34H34Cl2N4O8. The van der Waals surface area contributed by atoms with Crippen molar-refractivity contribution in [2.24, 2.45) is 5.92 Å². The van der Waals surface area contributed by atoms with Crippen LogP contribution in [0.5, 0.6) is 11.5 Å². The van der Waals surface area contributed by atoms with Crippen molar-refractivity contribution < 1.29 is 37.7 Å². The molecule has 14 heteroatoms. The normalized spacial score (nSPS) is 19.0. The molecule has 3 fully saturated rings. The number of fused-ring (bicyclic) bond motifs is 3. The molecule has 2 bridgehead atoms. The molecule has 2 aromatic carbocycles. The maximum Gasteiger partial charge on any atom is 0.415 e. The van der Waals surface area contributed by atoms with E-state index < -0.39 is 18.2 Å². The summed E-state index contributed by atoms with van der Waals surface area (Å²) in [5.41, 5.74) is 1.42. The van der Waals surface area contributed by atoms with Crippen LogP contribution in [-0.2, 0) is 22.4 Å². The first-order valence-corrected chi connectivity index (χ1v) is 16.2. The van der Waals surface area contributed by atoms with Gasteiger partial charge in [-0.1, -0.05) is 47.5 Å². The van der Waals surface area contributed by atoms with Crippen LogP contribution in [0.1, 0.15) is 46.5 Å². The van der Waals surface area contributed by atoms with E-state index in [-0.39, 0.29) is 40.7 Å². The smallest absolute Gasteiger partial charge is 0.415 e. The van der Waals surface area contributed by atoms with Gasteiger partial charge in [0.25, 0.3) is 0 Å². The van der Waals surface area contributed by atoms with Gasteiger partial charge < -0.3 is 28.6 Å². The quantitative estimate of drug-likeness (QED) is 0.104. The lowest BCUT2D eigenvalue weighted by Crippen LogP contribution is -2.53. The number of oxazole rings is 1. The first kappa shape index (κ1) is 33.4. The summed E-state index contributed by atoms with van der Waals surface area (Å²) in [4.78, 5) is 35.2. The molecular weight excluding hydrogens is 663 g/mol. The Morgan fingerprint density at radius 1 is 1.06 bits per heavy atom. The molecule has 0 radical (unpaired) electrons. The summed E-state index contributed by atoms with van der Waals surface area (Å²) < 4.78 is 28.9. The van der Waals surface area contributed by atoms with Crippen LogP contribution in [0.15, 0.2) is 71.6 Å². The Hall–Kier alpha value is -4.52. The highest BCUT2D eigenvalue weighted by molar-refractivity contribution is 6.35. The fourth-order valence-electron chi connectivity index (χ4n) is 6.10. The Kier molecular flexibility index (Phi) is 10.2. The third kappa shape index (κ3) is 7.46. The number of methoxy groups -OCH3 is 2. The third-order valence-electron chi connectivity index (χ3n) is 8.67. The topological polar surface area (TPSA) is 131 Å². The van der Waals surface area contributed by atoms with E-state index in [0.717, 1.165) is 25.9 Å². The molecule has 3 aliphatic rings. The van der Waals surface area contributed by atoms with E-state index in [1.807, 2.05) is 18.2 Å². The number of hydrogen-bond donors (Lipinski definition) is 0. The summed E-state index contributed by atoms with van der Waals surface area (Å²) in [6, 6.07) is 14.1. The predicted octanol–water partition coefficient (Wildman–Crippen LogP) is 6.01. The van der Waals surface area contributed by atoms with Gasteiger partial charge in [-0.25, -0.2) is 14.6 Å². The number of piperidine rings is 3. The minimum atomic E-state index is -0.938. The van der Waals surface area contributed by atoms with E-state index >= 15 is 0 Å². The Labute approximate surface area is 287 Å². The number of para-hydroxylation sites is 1. The van der Waals surface area contributed by atoms with Crippen LogP contribution < -0.4 is 19.1 Å². The second kappa shape index (κ2) is 14.7. The van der Waals surface area contributed by atoms with E-state index in [4.69, 9.17) is 46.6 Å². The van der Waals surface area contributed by atoms with Crippen molar-refractivity contribution in [2.45, 2.75) is 38.0 Å². The first-order chi connectivity index (χ1) is 23.2. The van der Waals surface area contributed by atoms with Gasteiger partial charge in [0.05, 0.1) is 14.2 Å². The van der Waals surface area contributed by atoms with Crippen molar-refractivity contribution in [1.29, 1.82) is 0 Å². The van der Waals surface area contributed by atoms with Crippen LogP contribution in [-0.4, -0.2) is 61.9 Å². The van der Waals surface area contributed by atoms with Gasteiger partial charge >= 0.3 is 12.1 Å². The molecule has 2 aromatic heterocycles. The van der Waals surface area contributed by atoms with E-state index in [9.17, 15) is 14.8 Å². The molecule has 1 amide bonds. The maximum absolute atomic E-state index is 13.5. The number of carbonyl (C=O) groups excluding carboxylic acids is 2. The lowest BCUT2D eigenvalue weighted by molar-refractivity contribution is -0.605.